The third-order valence-corrected chi connectivity index (χ3v) is 3.53. The van der Waals surface area contributed by atoms with Crippen molar-refractivity contribution in [2.24, 2.45) is 0 Å². The molecule has 0 aromatic rings. The lowest BCUT2D eigenvalue weighted by Gasteiger charge is -2.06. The second-order valence-corrected chi connectivity index (χ2v) is 5.11. The van der Waals surface area contributed by atoms with Crippen molar-refractivity contribution in [1.29, 1.82) is 0 Å². The average Bonchev–Trinajstić information content (AvgIpc) is 2.86. The predicted octanol–water partition coefficient (Wildman–Crippen LogP) is 0.719. The summed E-state index contributed by atoms with van der Waals surface area (Å²) in [7, 11) is -0.279. The Labute approximate surface area is 82.7 Å². The van der Waals surface area contributed by atoms with Gasteiger partial charge in [-0.25, -0.2) is 0 Å². The summed E-state index contributed by atoms with van der Waals surface area (Å²) in [5, 5.41) is 0. The average molecular weight is 204 g/mol. The highest BCUT2D eigenvalue weighted by atomic mass is 28.2. The SMILES string of the molecule is CC(C)O[SiH2]CCCOCC1CO1. The van der Waals surface area contributed by atoms with Crippen molar-refractivity contribution >= 4 is 9.76 Å². The van der Waals surface area contributed by atoms with Crippen molar-refractivity contribution in [3.8, 4) is 0 Å². The van der Waals surface area contributed by atoms with Gasteiger partial charge >= 0.3 is 0 Å². The third kappa shape index (κ3) is 7.19. The van der Waals surface area contributed by atoms with Gasteiger partial charge in [0.05, 0.1) is 13.2 Å². The Morgan fingerprint density at radius 1 is 1.54 bits per heavy atom. The first kappa shape index (κ1) is 11.2. The quantitative estimate of drug-likeness (QED) is 0.332. The highest BCUT2D eigenvalue weighted by Gasteiger charge is 2.21. The standard InChI is InChI=1S/C9H20O3Si/c1-8(2)12-13-5-3-4-10-6-9-7-11-9/h8-9H,3-7,13H2,1-2H3. The molecule has 1 aliphatic rings. The van der Waals surface area contributed by atoms with Gasteiger partial charge in [0.1, 0.15) is 6.10 Å². The number of hydrogen-bond acceptors (Lipinski definition) is 3. The molecule has 1 fully saturated rings. The van der Waals surface area contributed by atoms with Crippen LogP contribution in [-0.4, -0.2) is 41.8 Å². The molecule has 0 amide bonds. The first-order valence-electron chi connectivity index (χ1n) is 5.10. The van der Waals surface area contributed by atoms with Gasteiger partial charge in [-0.05, 0) is 26.3 Å². The summed E-state index contributed by atoms with van der Waals surface area (Å²) in [6.45, 7) is 6.73. The molecule has 0 saturated carbocycles. The highest BCUT2D eigenvalue weighted by Crippen LogP contribution is 2.08. The molecule has 1 saturated heterocycles. The molecule has 0 N–H and O–H groups in total. The lowest BCUT2D eigenvalue weighted by atomic mass is 10.5. The van der Waals surface area contributed by atoms with E-state index >= 15 is 0 Å². The molecule has 78 valence electrons. The second kappa shape index (κ2) is 6.54. The molecule has 0 aromatic heterocycles. The first-order valence-corrected chi connectivity index (χ1v) is 6.67. The fraction of sp³-hybridized carbons (Fsp3) is 1.00. The maximum Gasteiger partial charge on any atom is 0.162 e. The first-order chi connectivity index (χ1) is 6.29. The topological polar surface area (TPSA) is 31.0 Å². The number of ether oxygens (including phenoxy) is 2. The van der Waals surface area contributed by atoms with Gasteiger partial charge in [0, 0.05) is 12.7 Å². The Bertz CT molecular complexity index is 120. The molecule has 3 nitrogen and oxygen atoms in total. The second-order valence-electron chi connectivity index (χ2n) is 3.66. The molecule has 4 heteroatoms. The van der Waals surface area contributed by atoms with Crippen molar-refractivity contribution < 1.29 is 13.9 Å². The molecule has 13 heavy (non-hydrogen) atoms. The highest BCUT2D eigenvalue weighted by molar-refractivity contribution is 6.27. The van der Waals surface area contributed by atoms with Crippen LogP contribution in [0.25, 0.3) is 0 Å². The lowest BCUT2D eigenvalue weighted by molar-refractivity contribution is 0.116. The van der Waals surface area contributed by atoms with E-state index in [4.69, 9.17) is 13.9 Å². The molecular weight excluding hydrogens is 184 g/mol. The number of rotatable bonds is 8. The normalized spacial score (nSPS) is 21.9. The molecule has 1 rings (SSSR count). The zero-order valence-corrected chi connectivity index (χ0v) is 10.0. The van der Waals surface area contributed by atoms with E-state index in [0.29, 0.717) is 12.2 Å². The molecule has 1 atom stereocenters. The molecule has 1 aliphatic heterocycles. The van der Waals surface area contributed by atoms with Crippen molar-refractivity contribution in [2.45, 2.75) is 38.5 Å². The summed E-state index contributed by atoms with van der Waals surface area (Å²) in [6.07, 6.45) is 1.96. The van der Waals surface area contributed by atoms with E-state index in [-0.39, 0.29) is 9.76 Å². The van der Waals surface area contributed by atoms with Crippen LogP contribution in [0.4, 0.5) is 0 Å². The van der Waals surface area contributed by atoms with Crippen LogP contribution in [0.1, 0.15) is 20.3 Å². The summed E-state index contributed by atoms with van der Waals surface area (Å²) < 4.78 is 16.0. The molecule has 0 bridgehead atoms. The summed E-state index contributed by atoms with van der Waals surface area (Å²) in [4.78, 5) is 0. The van der Waals surface area contributed by atoms with Crippen molar-refractivity contribution in [3.05, 3.63) is 0 Å². The Morgan fingerprint density at radius 2 is 2.31 bits per heavy atom. The smallest absolute Gasteiger partial charge is 0.162 e. The van der Waals surface area contributed by atoms with Crippen LogP contribution in [-0.2, 0) is 13.9 Å². The molecule has 1 heterocycles. The minimum absolute atomic E-state index is 0.279. The van der Waals surface area contributed by atoms with E-state index < -0.39 is 0 Å². The maximum absolute atomic E-state index is 5.54. The predicted molar refractivity (Wildman–Crippen MR) is 54.7 cm³/mol. The van der Waals surface area contributed by atoms with Gasteiger partial charge in [0.15, 0.2) is 9.76 Å². The van der Waals surface area contributed by atoms with Crippen LogP contribution >= 0.6 is 0 Å². The molecular formula is C9H20O3Si. The van der Waals surface area contributed by atoms with E-state index in [1.165, 1.54) is 6.04 Å². The summed E-state index contributed by atoms with van der Waals surface area (Å²) in [6, 6.07) is 1.23. The summed E-state index contributed by atoms with van der Waals surface area (Å²) in [5.74, 6) is 0. The minimum Gasteiger partial charge on any atom is -0.422 e. The van der Waals surface area contributed by atoms with E-state index in [1.54, 1.807) is 0 Å². The van der Waals surface area contributed by atoms with Crippen LogP contribution in [0.3, 0.4) is 0 Å². The monoisotopic (exact) mass is 204 g/mol. The van der Waals surface area contributed by atoms with Crippen LogP contribution in [0.2, 0.25) is 6.04 Å². The Hall–Kier alpha value is 0.0969. The molecule has 0 radical (unpaired) electrons. The Morgan fingerprint density at radius 3 is 2.92 bits per heavy atom. The van der Waals surface area contributed by atoms with E-state index in [1.807, 2.05) is 0 Å². The number of hydrogen-bond donors (Lipinski definition) is 0. The third-order valence-electron chi connectivity index (χ3n) is 1.84. The van der Waals surface area contributed by atoms with Gasteiger partial charge in [-0.15, -0.1) is 0 Å². The van der Waals surface area contributed by atoms with Crippen LogP contribution < -0.4 is 0 Å². The van der Waals surface area contributed by atoms with Crippen molar-refractivity contribution in [2.75, 3.05) is 19.8 Å². The zero-order chi connectivity index (χ0) is 9.52. The zero-order valence-electron chi connectivity index (χ0n) is 8.62. The molecule has 1 unspecified atom stereocenters. The van der Waals surface area contributed by atoms with Crippen molar-refractivity contribution in [1.82, 2.24) is 0 Å². The lowest BCUT2D eigenvalue weighted by Crippen LogP contribution is -2.08. The molecule has 0 aromatic carbocycles. The Kier molecular flexibility index (Phi) is 5.62. The van der Waals surface area contributed by atoms with E-state index in [9.17, 15) is 0 Å². The fourth-order valence-corrected chi connectivity index (χ4v) is 2.05. The largest absolute Gasteiger partial charge is 0.422 e. The summed E-state index contributed by atoms with van der Waals surface area (Å²) in [5.41, 5.74) is 0. The van der Waals surface area contributed by atoms with Crippen LogP contribution in [0, 0.1) is 0 Å². The fourth-order valence-electron chi connectivity index (χ4n) is 1.00. The van der Waals surface area contributed by atoms with Gasteiger partial charge in [-0.2, -0.15) is 0 Å². The maximum atomic E-state index is 5.54. The molecule has 0 spiro atoms. The minimum atomic E-state index is -0.279. The Balaban J connectivity index is 1.68. The van der Waals surface area contributed by atoms with Crippen LogP contribution in [0.15, 0.2) is 0 Å². The van der Waals surface area contributed by atoms with Gasteiger partial charge in [0.25, 0.3) is 0 Å². The summed E-state index contributed by atoms with van der Waals surface area (Å²) >= 11 is 0. The van der Waals surface area contributed by atoms with Gasteiger partial charge in [0.2, 0.25) is 0 Å². The van der Waals surface area contributed by atoms with Gasteiger partial charge in [-0.3, -0.25) is 0 Å². The van der Waals surface area contributed by atoms with E-state index in [2.05, 4.69) is 13.8 Å². The van der Waals surface area contributed by atoms with Gasteiger partial charge < -0.3 is 13.9 Å². The van der Waals surface area contributed by atoms with Crippen LogP contribution in [0.5, 0.6) is 0 Å². The molecule has 0 aliphatic carbocycles. The van der Waals surface area contributed by atoms with Gasteiger partial charge in [-0.1, -0.05) is 0 Å². The number of epoxide rings is 1. The van der Waals surface area contributed by atoms with Crippen molar-refractivity contribution in [3.63, 3.8) is 0 Å². The van der Waals surface area contributed by atoms with E-state index in [0.717, 1.165) is 26.2 Å².